The van der Waals surface area contributed by atoms with E-state index in [9.17, 15) is 14.4 Å². The highest BCUT2D eigenvalue weighted by atomic mass is 16.6. The molecule has 0 saturated carbocycles. The van der Waals surface area contributed by atoms with Crippen molar-refractivity contribution in [2.75, 3.05) is 28.4 Å². The third kappa shape index (κ3) is 6.08. The molecule has 0 saturated heterocycles. The van der Waals surface area contributed by atoms with Crippen LogP contribution in [0.15, 0.2) is 24.3 Å². The molecule has 0 amide bonds. The number of cyclic esters (lactones) is 1. The van der Waals surface area contributed by atoms with Crippen LogP contribution in [0.25, 0.3) is 6.08 Å². The number of carbonyl (C=O) groups excluding carboxylic acids is 3. The van der Waals surface area contributed by atoms with Gasteiger partial charge in [0.15, 0.2) is 11.5 Å². The molecule has 4 rings (SSSR count). The smallest absolute Gasteiger partial charge is 0.342 e. The number of hydrogen-bond acceptors (Lipinski definition) is 9. The number of allylic oxidation sites excluding steroid dienone is 1. The lowest BCUT2D eigenvalue weighted by atomic mass is 9.83. The molecule has 2 aromatic rings. The molecule has 2 aliphatic rings. The van der Waals surface area contributed by atoms with Gasteiger partial charge < -0.3 is 28.4 Å². The number of ketones is 1. The number of rotatable bonds is 5. The van der Waals surface area contributed by atoms with E-state index in [1.807, 2.05) is 13.0 Å². The molecule has 40 heavy (non-hydrogen) atoms. The summed E-state index contributed by atoms with van der Waals surface area (Å²) in [6.45, 7) is 1.81. The van der Waals surface area contributed by atoms with E-state index < -0.39 is 24.0 Å². The molecule has 0 bridgehead atoms. The van der Waals surface area contributed by atoms with E-state index in [0.717, 1.165) is 0 Å². The predicted octanol–water partition coefficient (Wildman–Crippen LogP) is 5.64. The molecule has 0 aromatic heterocycles. The molecule has 0 spiro atoms. The zero-order valence-corrected chi connectivity index (χ0v) is 23.7. The van der Waals surface area contributed by atoms with Crippen LogP contribution in [0.2, 0.25) is 0 Å². The van der Waals surface area contributed by atoms with Crippen LogP contribution in [0.1, 0.15) is 84.8 Å². The second kappa shape index (κ2) is 12.9. The minimum atomic E-state index is -0.546. The van der Waals surface area contributed by atoms with Crippen molar-refractivity contribution in [3.63, 3.8) is 0 Å². The van der Waals surface area contributed by atoms with Crippen LogP contribution in [-0.2, 0) is 14.3 Å². The van der Waals surface area contributed by atoms with E-state index in [2.05, 4.69) is 0 Å². The molecule has 2 atom stereocenters. The first-order chi connectivity index (χ1) is 19.3. The van der Waals surface area contributed by atoms with Gasteiger partial charge in [0.05, 0.1) is 41.0 Å². The molecule has 0 fully saturated rings. The Morgan fingerprint density at radius 2 is 1.52 bits per heavy atom. The number of Topliss-reactive ketones (excluding diaryl/α,β-unsaturated/α-hetero) is 1. The van der Waals surface area contributed by atoms with Crippen LogP contribution in [-0.4, -0.2) is 52.3 Å². The summed E-state index contributed by atoms with van der Waals surface area (Å²) in [5.41, 5.74) is 2.02. The highest BCUT2D eigenvalue weighted by Gasteiger charge is 2.37. The molecule has 2 heterocycles. The quantitative estimate of drug-likeness (QED) is 0.344. The van der Waals surface area contributed by atoms with Crippen molar-refractivity contribution in [3.8, 4) is 28.7 Å². The third-order valence-corrected chi connectivity index (χ3v) is 7.25. The number of fused-ring (bicyclic) bond motifs is 2. The van der Waals surface area contributed by atoms with Gasteiger partial charge in [0.1, 0.15) is 22.8 Å². The van der Waals surface area contributed by atoms with Gasteiger partial charge >= 0.3 is 11.9 Å². The first-order valence-corrected chi connectivity index (χ1v) is 13.5. The van der Waals surface area contributed by atoms with Crippen LogP contribution >= 0.6 is 0 Å². The Kier molecular flexibility index (Phi) is 9.34. The molecule has 0 radical (unpaired) electrons. The predicted molar refractivity (Wildman–Crippen MR) is 148 cm³/mol. The van der Waals surface area contributed by atoms with E-state index in [-0.39, 0.29) is 23.5 Å². The number of ether oxygens (including phenoxy) is 6. The molecule has 0 aliphatic carbocycles. The summed E-state index contributed by atoms with van der Waals surface area (Å²) in [7, 11) is 6.04. The summed E-state index contributed by atoms with van der Waals surface area (Å²) in [4.78, 5) is 38.6. The molecule has 214 valence electrons. The minimum absolute atomic E-state index is 0.0100. The second-order valence-corrected chi connectivity index (χ2v) is 9.92. The maximum atomic E-state index is 13.6. The van der Waals surface area contributed by atoms with Gasteiger partial charge in [0.25, 0.3) is 0 Å². The normalized spacial score (nSPS) is 19.9. The summed E-state index contributed by atoms with van der Waals surface area (Å²) in [5, 5.41) is 0. The minimum Gasteiger partial charge on any atom is -0.495 e. The Hall–Kier alpha value is -4.01. The molecule has 9 heteroatoms. The van der Waals surface area contributed by atoms with Crippen LogP contribution in [0.3, 0.4) is 0 Å². The van der Waals surface area contributed by atoms with E-state index >= 15 is 0 Å². The summed E-state index contributed by atoms with van der Waals surface area (Å²) in [5.74, 6) is 0.587. The van der Waals surface area contributed by atoms with Gasteiger partial charge in [0.2, 0.25) is 5.75 Å². The molecule has 0 unspecified atom stereocenters. The molecule has 9 nitrogen and oxygen atoms in total. The van der Waals surface area contributed by atoms with Crippen LogP contribution in [0.5, 0.6) is 28.7 Å². The Morgan fingerprint density at radius 1 is 0.850 bits per heavy atom. The maximum Gasteiger partial charge on any atom is 0.342 e. The van der Waals surface area contributed by atoms with Crippen molar-refractivity contribution in [2.24, 2.45) is 0 Å². The first-order valence-electron chi connectivity index (χ1n) is 13.5. The summed E-state index contributed by atoms with van der Waals surface area (Å²) < 4.78 is 34.0. The van der Waals surface area contributed by atoms with Gasteiger partial charge in [-0.3, -0.25) is 9.59 Å². The van der Waals surface area contributed by atoms with Crippen molar-refractivity contribution in [1.82, 2.24) is 0 Å². The Labute approximate surface area is 234 Å². The average molecular weight is 553 g/mol. The van der Waals surface area contributed by atoms with E-state index in [1.165, 1.54) is 28.4 Å². The first kappa shape index (κ1) is 29.0. The standard InChI is InChI=1S/C31H36O9/c1-18-10-9-13-21(32)12-8-6-7-11-19-14-23-28(30(38-5)27(19)31(34)39-18)22(17-26(33)40-23)20-15-24(35-2)29(37-4)25(16-20)36-3/h7,11,14-16,18,22H,6,8-10,12-13,17H2,1-5H3/t18-,22+/m0/s1. The third-order valence-electron chi connectivity index (χ3n) is 7.25. The van der Waals surface area contributed by atoms with Gasteiger partial charge in [-0.2, -0.15) is 0 Å². The van der Waals surface area contributed by atoms with E-state index in [4.69, 9.17) is 28.4 Å². The van der Waals surface area contributed by atoms with Crippen molar-refractivity contribution in [1.29, 1.82) is 0 Å². The second-order valence-electron chi connectivity index (χ2n) is 9.92. The van der Waals surface area contributed by atoms with Crippen molar-refractivity contribution >= 4 is 23.8 Å². The summed E-state index contributed by atoms with van der Waals surface area (Å²) in [6, 6.07) is 5.23. The lowest BCUT2D eigenvalue weighted by Gasteiger charge is -2.29. The number of carbonyl (C=O) groups is 3. The highest BCUT2D eigenvalue weighted by molar-refractivity contribution is 5.99. The van der Waals surface area contributed by atoms with Gasteiger partial charge in [-0.05, 0) is 61.9 Å². The van der Waals surface area contributed by atoms with Crippen LogP contribution < -0.4 is 23.7 Å². The Balaban J connectivity index is 1.90. The Bertz CT molecular complexity index is 1290. The monoisotopic (exact) mass is 552 g/mol. The zero-order chi connectivity index (χ0) is 28.8. The number of benzene rings is 2. The molecular formula is C31H36O9. The molecule has 0 N–H and O–H groups in total. The SMILES string of the molecule is COc1cc([C@H]2CC(=O)Oc3cc4c(c(OC)c32)C(=O)O[C@@H](C)CCCC(=O)CCCC=C4)cc(OC)c1OC. The Morgan fingerprint density at radius 3 is 2.17 bits per heavy atom. The van der Waals surface area contributed by atoms with Gasteiger partial charge in [0, 0.05) is 24.3 Å². The summed E-state index contributed by atoms with van der Waals surface area (Å²) in [6.07, 6.45) is 6.87. The van der Waals surface area contributed by atoms with E-state index in [0.29, 0.717) is 78.2 Å². The zero-order valence-electron chi connectivity index (χ0n) is 23.7. The van der Waals surface area contributed by atoms with Gasteiger partial charge in [-0.1, -0.05) is 12.2 Å². The largest absolute Gasteiger partial charge is 0.495 e. The molecule has 2 aliphatic heterocycles. The van der Waals surface area contributed by atoms with Crippen molar-refractivity contribution in [2.45, 2.75) is 63.9 Å². The van der Waals surface area contributed by atoms with E-state index in [1.54, 1.807) is 24.3 Å². The molecule has 2 aromatic carbocycles. The van der Waals surface area contributed by atoms with Gasteiger partial charge in [-0.15, -0.1) is 0 Å². The fourth-order valence-corrected chi connectivity index (χ4v) is 5.30. The van der Waals surface area contributed by atoms with Crippen molar-refractivity contribution < 1.29 is 42.8 Å². The highest BCUT2D eigenvalue weighted by Crippen LogP contribution is 2.50. The lowest BCUT2D eigenvalue weighted by Crippen LogP contribution is -2.24. The topological polar surface area (TPSA) is 107 Å². The van der Waals surface area contributed by atoms with Crippen molar-refractivity contribution in [3.05, 3.63) is 46.5 Å². The van der Waals surface area contributed by atoms with Crippen LogP contribution in [0.4, 0.5) is 0 Å². The molecular weight excluding hydrogens is 516 g/mol. The number of methoxy groups -OCH3 is 4. The fourth-order valence-electron chi connectivity index (χ4n) is 5.30. The van der Waals surface area contributed by atoms with Crippen LogP contribution in [0, 0.1) is 0 Å². The summed E-state index contributed by atoms with van der Waals surface area (Å²) >= 11 is 0. The number of esters is 2. The average Bonchev–Trinajstić information content (AvgIpc) is 2.94. The maximum absolute atomic E-state index is 13.6. The lowest BCUT2D eigenvalue weighted by molar-refractivity contribution is -0.135. The fraction of sp³-hybridized carbons (Fsp3) is 0.452. The van der Waals surface area contributed by atoms with Gasteiger partial charge in [-0.25, -0.2) is 4.79 Å². The number of hydrogen-bond donors (Lipinski definition) is 0.